The molecule has 1 aliphatic rings. The molecule has 0 saturated carbocycles. The smallest absolute Gasteiger partial charge is 0.243 e. The normalized spacial score (nSPS) is 20.6. The summed E-state index contributed by atoms with van der Waals surface area (Å²) in [6, 6.07) is 5.64. The van der Waals surface area contributed by atoms with Crippen molar-refractivity contribution in [1.29, 1.82) is 0 Å². The van der Waals surface area contributed by atoms with E-state index in [1.165, 1.54) is 0 Å². The molecule has 1 aromatic carbocycles. The van der Waals surface area contributed by atoms with Crippen LogP contribution in [0.25, 0.3) is 0 Å². The van der Waals surface area contributed by atoms with Gasteiger partial charge in [0, 0.05) is 13.1 Å². The van der Waals surface area contributed by atoms with Gasteiger partial charge in [-0.1, -0.05) is 19.1 Å². The Balaban J connectivity index is 2.20. The van der Waals surface area contributed by atoms with Crippen LogP contribution in [-0.2, 0) is 10.0 Å². The molecule has 1 aromatic rings. The van der Waals surface area contributed by atoms with Crippen molar-refractivity contribution in [2.24, 2.45) is 5.92 Å². The Morgan fingerprint density at radius 2 is 2.10 bits per heavy atom. The highest BCUT2D eigenvalue weighted by atomic mass is 32.2. The van der Waals surface area contributed by atoms with Crippen LogP contribution in [0.15, 0.2) is 23.1 Å². The highest BCUT2D eigenvalue weighted by molar-refractivity contribution is 7.89. The summed E-state index contributed by atoms with van der Waals surface area (Å²) in [5.41, 5.74) is 1.81. The molecule has 0 spiro atoms. The van der Waals surface area contributed by atoms with Crippen LogP contribution in [0.2, 0.25) is 0 Å². The van der Waals surface area contributed by atoms with Gasteiger partial charge in [0.05, 0.1) is 4.90 Å². The Kier molecular flexibility index (Phi) is 5.41. The van der Waals surface area contributed by atoms with E-state index >= 15 is 0 Å². The third-order valence-electron chi connectivity index (χ3n) is 4.13. The fourth-order valence-electron chi connectivity index (χ4n) is 2.88. The van der Waals surface area contributed by atoms with Crippen LogP contribution < -0.4 is 5.32 Å². The van der Waals surface area contributed by atoms with E-state index in [2.05, 4.69) is 12.2 Å². The van der Waals surface area contributed by atoms with Gasteiger partial charge in [-0.05, 0) is 62.9 Å². The molecule has 2 rings (SSSR count). The van der Waals surface area contributed by atoms with E-state index in [0.29, 0.717) is 23.9 Å². The second-order valence-electron chi connectivity index (χ2n) is 5.95. The Morgan fingerprint density at radius 1 is 1.33 bits per heavy atom. The van der Waals surface area contributed by atoms with E-state index in [1.54, 1.807) is 10.4 Å². The summed E-state index contributed by atoms with van der Waals surface area (Å²) in [5.74, 6) is 0.415. The Morgan fingerprint density at radius 3 is 2.81 bits per heavy atom. The highest BCUT2D eigenvalue weighted by Gasteiger charge is 2.30. The molecule has 1 unspecified atom stereocenters. The molecule has 1 aliphatic heterocycles. The number of rotatable bonds is 5. The van der Waals surface area contributed by atoms with Crippen molar-refractivity contribution >= 4 is 10.0 Å². The van der Waals surface area contributed by atoms with Crippen molar-refractivity contribution in [3.63, 3.8) is 0 Å². The van der Waals surface area contributed by atoms with Gasteiger partial charge in [-0.2, -0.15) is 4.31 Å². The molecule has 0 radical (unpaired) electrons. The molecule has 0 bridgehead atoms. The molecule has 4 nitrogen and oxygen atoms in total. The number of nitrogens with zero attached hydrogens (tertiary/aromatic N) is 1. The Labute approximate surface area is 128 Å². The van der Waals surface area contributed by atoms with Crippen LogP contribution in [-0.4, -0.2) is 38.9 Å². The van der Waals surface area contributed by atoms with Crippen molar-refractivity contribution in [2.45, 2.75) is 38.5 Å². The fraction of sp³-hybridized carbons (Fsp3) is 0.625. The maximum absolute atomic E-state index is 12.9. The summed E-state index contributed by atoms with van der Waals surface area (Å²) in [5, 5.41) is 3.33. The molecular formula is C16H26N2O2S. The molecule has 0 aliphatic carbocycles. The Bertz CT molecular complexity index is 584. The molecule has 1 heterocycles. The first-order valence-corrected chi connectivity index (χ1v) is 9.17. The minimum atomic E-state index is -3.37. The van der Waals surface area contributed by atoms with Crippen molar-refractivity contribution in [3.8, 4) is 0 Å². The minimum Gasteiger partial charge on any atom is -0.317 e. The van der Waals surface area contributed by atoms with Gasteiger partial charge in [-0.25, -0.2) is 8.42 Å². The lowest BCUT2D eigenvalue weighted by Crippen LogP contribution is -2.43. The minimum absolute atomic E-state index is 0.415. The van der Waals surface area contributed by atoms with Crippen LogP contribution in [0, 0.1) is 19.8 Å². The van der Waals surface area contributed by atoms with E-state index < -0.39 is 10.0 Å². The lowest BCUT2D eigenvalue weighted by Gasteiger charge is -2.32. The van der Waals surface area contributed by atoms with Crippen molar-refractivity contribution < 1.29 is 8.42 Å². The van der Waals surface area contributed by atoms with Gasteiger partial charge in [0.1, 0.15) is 0 Å². The molecule has 1 N–H and O–H groups in total. The summed E-state index contributed by atoms with van der Waals surface area (Å²) >= 11 is 0. The lowest BCUT2D eigenvalue weighted by atomic mass is 10.00. The summed E-state index contributed by atoms with van der Waals surface area (Å²) in [4.78, 5) is 0.464. The molecule has 21 heavy (non-hydrogen) atoms. The van der Waals surface area contributed by atoms with Crippen molar-refractivity contribution in [2.75, 3.05) is 26.2 Å². The van der Waals surface area contributed by atoms with Crippen LogP contribution in [0.1, 0.15) is 30.9 Å². The predicted molar refractivity (Wildman–Crippen MR) is 85.9 cm³/mol. The van der Waals surface area contributed by atoms with Crippen molar-refractivity contribution in [3.05, 3.63) is 29.3 Å². The van der Waals surface area contributed by atoms with Crippen LogP contribution in [0.5, 0.6) is 0 Å². The quantitative estimate of drug-likeness (QED) is 0.908. The maximum Gasteiger partial charge on any atom is 0.243 e. The fourth-order valence-corrected chi connectivity index (χ4v) is 4.75. The van der Waals surface area contributed by atoms with Gasteiger partial charge in [-0.3, -0.25) is 0 Å². The van der Waals surface area contributed by atoms with E-state index in [-0.39, 0.29) is 0 Å². The van der Waals surface area contributed by atoms with Gasteiger partial charge in [0.25, 0.3) is 0 Å². The van der Waals surface area contributed by atoms with Crippen molar-refractivity contribution in [1.82, 2.24) is 9.62 Å². The molecule has 5 heteroatoms. The molecule has 1 fully saturated rings. The van der Waals surface area contributed by atoms with Gasteiger partial charge in [-0.15, -0.1) is 0 Å². The number of aryl methyl sites for hydroxylation is 2. The largest absolute Gasteiger partial charge is 0.317 e. The van der Waals surface area contributed by atoms with Crippen LogP contribution in [0.3, 0.4) is 0 Å². The zero-order valence-corrected chi connectivity index (χ0v) is 14.0. The average Bonchev–Trinajstić information content (AvgIpc) is 2.48. The zero-order valence-electron chi connectivity index (χ0n) is 13.2. The molecule has 1 saturated heterocycles. The molecule has 1 atom stereocenters. The van der Waals surface area contributed by atoms with Gasteiger partial charge in [0.2, 0.25) is 10.0 Å². The van der Waals surface area contributed by atoms with Gasteiger partial charge in [0.15, 0.2) is 0 Å². The van der Waals surface area contributed by atoms with E-state index in [9.17, 15) is 8.42 Å². The van der Waals surface area contributed by atoms with Gasteiger partial charge >= 0.3 is 0 Å². The maximum atomic E-state index is 12.9. The molecule has 0 amide bonds. The zero-order chi connectivity index (χ0) is 15.5. The summed E-state index contributed by atoms with van der Waals surface area (Å²) in [6.07, 6.45) is 2.05. The first-order chi connectivity index (χ1) is 9.95. The first-order valence-electron chi connectivity index (χ1n) is 7.73. The van der Waals surface area contributed by atoms with Crippen LogP contribution >= 0.6 is 0 Å². The number of sulfonamides is 1. The Hall–Kier alpha value is -0.910. The SMILES string of the molecule is CCNCC1CCCN(S(=O)(=O)c2cc(C)ccc2C)C1. The monoisotopic (exact) mass is 310 g/mol. The predicted octanol–water partition coefficient (Wildman–Crippen LogP) is 2.31. The lowest BCUT2D eigenvalue weighted by molar-refractivity contribution is 0.261. The highest BCUT2D eigenvalue weighted by Crippen LogP contribution is 2.26. The number of piperidine rings is 1. The third-order valence-corrected chi connectivity index (χ3v) is 6.13. The standard InChI is InChI=1S/C16H26N2O2S/c1-4-17-11-15-6-5-9-18(12-15)21(19,20)16-10-13(2)7-8-14(16)3/h7-8,10,15,17H,4-6,9,11-12H2,1-3H3. The van der Waals surface area contributed by atoms with E-state index in [4.69, 9.17) is 0 Å². The molecule has 118 valence electrons. The number of benzene rings is 1. The first kappa shape index (κ1) is 16.5. The summed E-state index contributed by atoms with van der Waals surface area (Å²) in [6.45, 7) is 8.97. The topological polar surface area (TPSA) is 49.4 Å². The summed E-state index contributed by atoms with van der Waals surface area (Å²) < 4.78 is 27.4. The number of hydrogen-bond donors (Lipinski definition) is 1. The number of hydrogen-bond acceptors (Lipinski definition) is 3. The molecular weight excluding hydrogens is 284 g/mol. The summed E-state index contributed by atoms with van der Waals surface area (Å²) in [7, 11) is -3.37. The third kappa shape index (κ3) is 3.84. The second-order valence-corrected chi connectivity index (χ2v) is 7.85. The van der Waals surface area contributed by atoms with Crippen LogP contribution in [0.4, 0.5) is 0 Å². The van der Waals surface area contributed by atoms with E-state index in [0.717, 1.165) is 37.1 Å². The average molecular weight is 310 g/mol. The van der Waals surface area contributed by atoms with E-state index in [1.807, 2.05) is 26.0 Å². The molecule has 0 aromatic heterocycles. The second kappa shape index (κ2) is 6.90. The number of nitrogens with one attached hydrogen (secondary N) is 1. The van der Waals surface area contributed by atoms with Gasteiger partial charge < -0.3 is 5.32 Å².